The van der Waals surface area contributed by atoms with Crippen LogP contribution in [-0.4, -0.2) is 12.0 Å². The molecule has 0 amide bonds. The number of nitro benzene ring substituents is 1. The number of ether oxygens (including phenoxy) is 1. The summed E-state index contributed by atoms with van der Waals surface area (Å²) in [6.45, 7) is 0. The molecule has 0 heterocycles. The molecule has 21 heavy (non-hydrogen) atoms. The largest absolute Gasteiger partial charge is 0.496 e. The van der Waals surface area contributed by atoms with E-state index in [0.717, 1.165) is 0 Å². The lowest BCUT2D eigenvalue weighted by Gasteiger charge is -2.11. The van der Waals surface area contributed by atoms with E-state index < -0.39 is 4.92 Å². The van der Waals surface area contributed by atoms with Crippen LogP contribution < -0.4 is 4.74 Å². The van der Waals surface area contributed by atoms with Crippen LogP contribution in [0.2, 0.25) is 0 Å². The van der Waals surface area contributed by atoms with Gasteiger partial charge in [0.2, 0.25) is 0 Å². The maximum atomic E-state index is 11.2. The van der Waals surface area contributed by atoms with Crippen molar-refractivity contribution >= 4 is 11.3 Å². The molecular formula is C16H12N2O3. The average molecular weight is 280 g/mol. The first kappa shape index (κ1) is 14.3. The molecule has 0 aliphatic heterocycles. The molecule has 5 heteroatoms. The summed E-state index contributed by atoms with van der Waals surface area (Å²) in [6.07, 6.45) is 1.29. The number of methoxy groups -OCH3 is 1. The van der Waals surface area contributed by atoms with E-state index >= 15 is 0 Å². The molecule has 0 atom stereocenters. The van der Waals surface area contributed by atoms with Crippen molar-refractivity contribution in [3.8, 4) is 11.8 Å². The van der Waals surface area contributed by atoms with Gasteiger partial charge in [0.1, 0.15) is 5.75 Å². The number of hydrogen-bond donors (Lipinski definition) is 0. The van der Waals surface area contributed by atoms with Gasteiger partial charge in [0, 0.05) is 23.3 Å². The average Bonchev–Trinajstić information content (AvgIpc) is 2.52. The molecule has 2 aromatic rings. The van der Waals surface area contributed by atoms with E-state index in [0.29, 0.717) is 22.4 Å². The lowest BCUT2D eigenvalue weighted by molar-refractivity contribution is -0.385. The van der Waals surface area contributed by atoms with Gasteiger partial charge >= 0.3 is 0 Å². The monoisotopic (exact) mass is 280 g/mol. The van der Waals surface area contributed by atoms with Gasteiger partial charge in [-0.25, -0.2) is 0 Å². The first-order valence-corrected chi connectivity index (χ1v) is 6.16. The van der Waals surface area contributed by atoms with Gasteiger partial charge in [-0.15, -0.1) is 0 Å². The smallest absolute Gasteiger partial charge is 0.277 e. The fraction of sp³-hybridized carbons (Fsp3) is 0.0625. The molecule has 0 aliphatic carbocycles. The first-order chi connectivity index (χ1) is 10.2. The minimum atomic E-state index is -0.462. The number of hydrogen-bond acceptors (Lipinski definition) is 4. The summed E-state index contributed by atoms with van der Waals surface area (Å²) in [5, 5.41) is 20.2. The topological polar surface area (TPSA) is 76.2 Å². The molecule has 0 saturated carbocycles. The summed E-state index contributed by atoms with van der Waals surface area (Å²) in [5.74, 6) is 0.553. The van der Waals surface area contributed by atoms with Crippen LogP contribution in [0, 0.1) is 21.4 Å². The van der Waals surface area contributed by atoms with Crippen LogP contribution in [0.15, 0.2) is 54.6 Å². The third kappa shape index (κ3) is 2.90. The van der Waals surface area contributed by atoms with Gasteiger partial charge in [-0.1, -0.05) is 30.3 Å². The third-order valence-electron chi connectivity index (χ3n) is 3.00. The maximum absolute atomic E-state index is 11.2. The molecule has 0 bridgehead atoms. The van der Waals surface area contributed by atoms with Crippen molar-refractivity contribution in [2.24, 2.45) is 0 Å². The molecule has 0 fully saturated rings. The van der Waals surface area contributed by atoms with Crippen molar-refractivity contribution in [2.75, 3.05) is 7.11 Å². The summed E-state index contributed by atoms with van der Waals surface area (Å²) >= 11 is 0. The normalized spacial score (nSPS) is 10.8. The molecule has 2 rings (SSSR count). The zero-order valence-electron chi connectivity index (χ0n) is 11.3. The van der Waals surface area contributed by atoms with E-state index in [-0.39, 0.29) is 5.69 Å². The maximum Gasteiger partial charge on any atom is 0.277 e. The van der Waals surface area contributed by atoms with Crippen LogP contribution in [0.1, 0.15) is 11.1 Å². The Morgan fingerprint density at radius 2 is 1.81 bits per heavy atom. The van der Waals surface area contributed by atoms with E-state index in [1.165, 1.54) is 19.3 Å². The van der Waals surface area contributed by atoms with Gasteiger partial charge < -0.3 is 4.74 Å². The van der Waals surface area contributed by atoms with E-state index in [4.69, 9.17) is 10.00 Å². The van der Waals surface area contributed by atoms with Crippen molar-refractivity contribution in [1.82, 2.24) is 0 Å². The van der Waals surface area contributed by atoms with Gasteiger partial charge in [-0.2, -0.15) is 5.26 Å². The molecule has 2 aromatic carbocycles. The molecule has 0 N–H and O–H groups in total. The zero-order chi connectivity index (χ0) is 15.2. The summed E-state index contributed by atoms with van der Waals surface area (Å²) in [4.78, 5) is 10.7. The predicted molar refractivity (Wildman–Crippen MR) is 78.8 cm³/mol. The Morgan fingerprint density at radius 1 is 1.19 bits per heavy atom. The minimum Gasteiger partial charge on any atom is -0.496 e. The number of rotatable bonds is 4. The van der Waals surface area contributed by atoms with E-state index in [2.05, 4.69) is 0 Å². The van der Waals surface area contributed by atoms with Crippen LogP contribution in [-0.2, 0) is 0 Å². The van der Waals surface area contributed by atoms with E-state index in [9.17, 15) is 10.1 Å². The van der Waals surface area contributed by atoms with Crippen molar-refractivity contribution in [3.63, 3.8) is 0 Å². The summed E-state index contributed by atoms with van der Waals surface area (Å²) in [6, 6.07) is 15.4. The molecule has 0 radical (unpaired) electrons. The summed E-state index contributed by atoms with van der Waals surface area (Å²) in [7, 11) is 1.52. The van der Waals surface area contributed by atoms with Gasteiger partial charge in [0.05, 0.1) is 23.7 Å². The highest BCUT2D eigenvalue weighted by Crippen LogP contribution is 2.35. The van der Waals surface area contributed by atoms with E-state index in [1.54, 1.807) is 42.5 Å². The van der Waals surface area contributed by atoms with Crippen LogP contribution in [0.25, 0.3) is 5.57 Å². The first-order valence-electron chi connectivity index (χ1n) is 6.16. The minimum absolute atomic E-state index is 0.0510. The Bertz CT molecular complexity index is 745. The standard InChI is InChI=1S/C16H12N2O3/c1-21-16-9-5-3-7-14(16)12(10-11-17)13-6-2-4-8-15(13)18(19)20/h2-10H,1H3. The SMILES string of the molecule is COc1ccccc1C(=CC#N)c1ccccc1[N+](=O)[O-]. The Balaban J connectivity index is 2.70. The highest BCUT2D eigenvalue weighted by atomic mass is 16.6. The highest BCUT2D eigenvalue weighted by molar-refractivity contribution is 5.87. The third-order valence-corrected chi connectivity index (χ3v) is 3.00. The van der Waals surface area contributed by atoms with Gasteiger partial charge in [-0.3, -0.25) is 10.1 Å². The molecule has 0 spiro atoms. The Hall–Kier alpha value is -3.13. The number of allylic oxidation sites excluding steroid dienone is 1. The molecule has 0 aromatic heterocycles. The lowest BCUT2D eigenvalue weighted by Crippen LogP contribution is -1.98. The number of para-hydroxylation sites is 2. The van der Waals surface area contributed by atoms with Crippen LogP contribution in [0.5, 0.6) is 5.75 Å². The zero-order valence-corrected chi connectivity index (χ0v) is 11.3. The van der Waals surface area contributed by atoms with Gasteiger partial charge in [0.15, 0.2) is 0 Å². The summed E-state index contributed by atoms with van der Waals surface area (Å²) in [5.41, 5.74) is 1.43. The van der Waals surface area contributed by atoms with Crippen molar-refractivity contribution in [1.29, 1.82) is 5.26 Å². The van der Waals surface area contributed by atoms with Gasteiger partial charge in [0.25, 0.3) is 5.69 Å². The number of nitrogens with zero attached hydrogens (tertiary/aromatic N) is 2. The van der Waals surface area contributed by atoms with Crippen molar-refractivity contribution in [2.45, 2.75) is 0 Å². The number of nitro groups is 1. The fourth-order valence-corrected chi connectivity index (χ4v) is 2.09. The quantitative estimate of drug-likeness (QED) is 0.487. The van der Waals surface area contributed by atoms with Crippen molar-refractivity contribution < 1.29 is 9.66 Å². The second-order valence-corrected chi connectivity index (χ2v) is 4.16. The molecule has 0 unspecified atom stereocenters. The molecule has 0 aliphatic rings. The highest BCUT2D eigenvalue weighted by Gasteiger charge is 2.19. The van der Waals surface area contributed by atoms with Crippen LogP contribution in [0.4, 0.5) is 5.69 Å². The van der Waals surface area contributed by atoms with Crippen LogP contribution >= 0.6 is 0 Å². The van der Waals surface area contributed by atoms with Crippen LogP contribution in [0.3, 0.4) is 0 Å². The molecular weight excluding hydrogens is 268 g/mol. The lowest BCUT2D eigenvalue weighted by atomic mass is 9.95. The Kier molecular flexibility index (Phi) is 4.32. The molecule has 5 nitrogen and oxygen atoms in total. The number of benzene rings is 2. The Morgan fingerprint density at radius 3 is 2.43 bits per heavy atom. The second kappa shape index (κ2) is 6.35. The van der Waals surface area contributed by atoms with Crippen molar-refractivity contribution in [3.05, 3.63) is 75.8 Å². The second-order valence-electron chi connectivity index (χ2n) is 4.16. The Labute approximate surface area is 121 Å². The molecule has 104 valence electrons. The fourth-order valence-electron chi connectivity index (χ4n) is 2.09. The van der Waals surface area contributed by atoms with Gasteiger partial charge in [-0.05, 0) is 12.1 Å². The van der Waals surface area contributed by atoms with E-state index in [1.807, 2.05) is 6.07 Å². The number of nitriles is 1. The predicted octanol–water partition coefficient (Wildman–Crippen LogP) is 3.56. The molecule has 0 saturated heterocycles. The summed E-state index contributed by atoms with van der Waals surface area (Å²) < 4.78 is 5.27.